The summed E-state index contributed by atoms with van der Waals surface area (Å²) < 4.78 is 5.39. The number of carbonyl (C=O) groups excluding carboxylic acids is 1. The van der Waals surface area contributed by atoms with Gasteiger partial charge in [0.15, 0.2) is 6.10 Å². The van der Waals surface area contributed by atoms with Crippen LogP contribution in [0.3, 0.4) is 0 Å². The molecule has 1 heterocycles. The first-order chi connectivity index (χ1) is 11.7. The monoisotopic (exact) mass is 328 g/mol. The molecule has 1 unspecified atom stereocenters. The van der Waals surface area contributed by atoms with Gasteiger partial charge in [0, 0.05) is 24.4 Å². The van der Waals surface area contributed by atoms with Gasteiger partial charge >= 0.3 is 0 Å². The molecular formula is C19H24N2O3. The molecule has 1 aliphatic heterocycles. The standard InChI is InChI=1S/C19H24N2O3/c1-3-11-21(19(22)14-7-6-8-14)13-15-12-17(20-24-15)16-9-4-5-10-18(16)23-2/h3-5,9-10,14-15H,1,6-8,11-13H2,2H3. The third kappa shape index (κ3) is 3.45. The highest BCUT2D eigenvalue weighted by molar-refractivity contribution is 6.03. The van der Waals surface area contributed by atoms with Gasteiger partial charge in [0.05, 0.1) is 19.4 Å². The fraction of sp³-hybridized carbons (Fsp3) is 0.474. The van der Waals surface area contributed by atoms with Crippen LogP contribution in [0.2, 0.25) is 0 Å². The van der Waals surface area contributed by atoms with Crippen LogP contribution in [0.5, 0.6) is 5.75 Å². The first kappa shape index (κ1) is 16.6. The van der Waals surface area contributed by atoms with Crippen molar-refractivity contribution in [1.29, 1.82) is 0 Å². The van der Waals surface area contributed by atoms with Gasteiger partial charge < -0.3 is 14.5 Å². The Kier molecular flexibility index (Phi) is 5.18. The molecule has 1 amide bonds. The van der Waals surface area contributed by atoms with Crippen molar-refractivity contribution in [3.05, 3.63) is 42.5 Å². The Morgan fingerprint density at radius 2 is 2.25 bits per heavy atom. The molecule has 0 N–H and O–H groups in total. The van der Waals surface area contributed by atoms with Crippen molar-refractivity contribution in [2.75, 3.05) is 20.2 Å². The molecule has 0 bridgehead atoms. The fourth-order valence-electron chi connectivity index (χ4n) is 3.14. The summed E-state index contributed by atoms with van der Waals surface area (Å²) in [4.78, 5) is 20.0. The maximum absolute atomic E-state index is 12.5. The SMILES string of the molecule is C=CCN(CC1CC(c2ccccc2OC)=NO1)C(=O)C1CCC1. The molecule has 1 aliphatic carbocycles. The Labute approximate surface area is 142 Å². The van der Waals surface area contributed by atoms with Gasteiger partial charge in [-0.1, -0.05) is 29.8 Å². The van der Waals surface area contributed by atoms with Crippen LogP contribution in [-0.2, 0) is 9.63 Å². The lowest BCUT2D eigenvalue weighted by Gasteiger charge is -2.32. The molecule has 24 heavy (non-hydrogen) atoms. The van der Waals surface area contributed by atoms with Crippen molar-refractivity contribution in [2.24, 2.45) is 11.1 Å². The van der Waals surface area contributed by atoms with E-state index in [9.17, 15) is 4.79 Å². The van der Waals surface area contributed by atoms with Crippen LogP contribution >= 0.6 is 0 Å². The smallest absolute Gasteiger partial charge is 0.226 e. The molecule has 1 fully saturated rings. The van der Waals surface area contributed by atoms with Crippen LogP contribution in [0.1, 0.15) is 31.2 Å². The predicted octanol–water partition coefficient (Wildman–Crippen LogP) is 3.00. The number of oxime groups is 1. The van der Waals surface area contributed by atoms with E-state index in [2.05, 4.69) is 11.7 Å². The van der Waals surface area contributed by atoms with Gasteiger partial charge in [-0.3, -0.25) is 4.79 Å². The van der Waals surface area contributed by atoms with Crippen molar-refractivity contribution in [1.82, 2.24) is 4.90 Å². The van der Waals surface area contributed by atoms with Crippen LogP contribution in [0.4, 0.5) is 0 Å². The molecule has 0 aromatic heterocycles. The van der Waals surface area contributed by atoms with Crippen LogP contribution in [0, 0.1) is 5.92 Å². The third-order valence-corrected chi connectivity index (χ3v) is 4.69. The number of methoxy groups -OCH3 is 1. The second-order valence-corrected chi connectivity index (χ2v) is 6.33. The van der Waals surface area contributed by atoms with E-state index in [1.807, 2.05) is 29.2 Å². The summed E-state index contributed by atoms with van der Waals surface area (Å²) in [6.45, 7) is 4.87. The zero-order valence-corrected chi connectivity index (χ0v) is 14.1. The van der Waals surface area contributed by atoms with Gasteiger partial charge in [-0.2, -0.15) is 0 Å². The highest BCUT2D eigenvalue weighted by Crippen LogP contribution is 2.29. The summed E-state index contributed by atoms with van der Waals surface area (Å²) >= 11 is 0. The third-order valence-electron chi connectivity index (χ3n) is 4.69. The Bertz CT molecular complexity index is 637. The second-order valence-electron chi connectivity index (χ2n) is 6.33. The highest BCUT2D eigenvalue weighted by Gasteiger charge is 2.32. The number of hydrogen-bond donors (Lipinski definition) is 0. The number of ether oxygens (including phenoxy) is 1. The molecule has 0 radical (unpaired) electrons. The molecule has 2 aliphatic rings. The average molecular weight is 328 g/mol. The number of carbonyl (C=O) groups is 1. The van der Waals surface area contributed by atoms with E-state index in [-0.39, 0.29) is 17.9 Å². The summed E-state index contributed by atoms with van der Waals surface area (Å²) in [5, 5.41) is 4.22. The van der Waals surface area contributed by atoms with Crippen LogP contribution in [0.15, 0.2) is 42.1 Å². The molecule has 0 spiro atoms. The lowest BCUT2D eigenvalue weighted by molar-refractivity contribution is -0.139. The average Bonchev–Trinajstić information content (AvgIpc) is 3.01. The number of nitrogens with zero attached hydrogens (tertiary/aromatic N) is 2. The largest absolute Gasteiger partial charge is 0.496 e. The molecule has 5 nitrogen and oxygen atoms in total. The van der Waals surface area contributed by atoms with Crippen LogP contribution in [0.25, 0.3) is 0 Å². The van der Waals surface area contributed by atoms with Crippen LogP contribution < -0.4 is 4.74 Å². The predicted molar refractivity (Wildman–Crippen MR) is 93.1 cm³/mol. The Hall–Kier alpha value is -2.30. The van der Waals surface area contributed by atoms with Gasteiger partial charge in [0.1, 0.15) is 5.75 Å². The first-order valence-electron chi connectivity index (χ1n) is 8.48. The topological polar surface area (TPSA) is 51.1 Å². The second kappa shape index (κ2) is 7.51. The van der Waals surface area contributed by atoms with E-state index < -0.39 is 0 Å². The maximum Gasteiger partial charge on any atom is 0.226 e. The number of para-hydroxylation sites is 1. The summed E-state index contributed by atoms with van der Waals surface area (Å²) in [7, 11) is 1.65. The molecule has 1 aromatic rings. The van der Waals surface area contributed by atoms with E-state index in [0.717, 1.165) is 36.3 Å². The number of rotatable bonds is 7. The molecule has 1 saturated carbocycles. The molecule has 1 aromatic carbocycles. The summed E-state index contributed by atoms with van der Waals surface area (Å²) in [6.07, 6.45) is 5.48. The Morgan fingerprint density at radius 3 is 2.92 bits per heavy atom. The minimum absolute atomic E-state index is 0.117. The van der Waals surface area contributed by atoms with Crippen LogP contribution in [-0.4, -0.2) is 42.8 Å². The molecule has 0 saturated heterocycles. The van der Waals surface area contributed by atoms with Crippen molar-refractivity contribution >= 4 is 11.6 Å². The molecule has 1 atom stereocenters. The van der Waals surface area contributed by atoms with E-state index in [0.29, 0.717) is 19.5 Å². The molecular weight excluding hydrogens is 304 g/mol. The zero-order chi connectivity index (χ0) is 16.9. The van der Waals surface area contributed by atoms with Crippen molar-refractivity contribution in [3.8, 4) is 5.75 Å². The number of benzene rings is 1. The van der Waals surface area contributed by atoms with E-state index in [1.165, 1.54) is 0 Å². The van der Waals surface area contributed by atoms with Crippen molar-refractivity contribution in [3.63, 3.8) is 0 Å². The van der Waals surface area contributed by atoms with Gasteiger partial charge in [0.2, 0.25) is 5.91 Å². The molecule has 128 valence electrons. The van der Waals surface area contributed by atoms with E-state index in [4.69, 9.17) is 9.57 Å². The number of hydrogen-bond acceptors (Lipinski definition) is 4. The highest BCUT2D eigenvalue weighted by atomic mass is 16.6. The van der Waals surface area contributed by atoms with E-state index >= 15 is 0 Å². The van der Waals surface area contributed by atoms with Gasteiger partial charge in [-0.25, -0.2) is 0 Å². The fourth-order valence-corrected chi connectivity index (χ4v) is 3.14. The Morgan fingerprint density at radius 1 is 1.46 bits per heavy atom. The van der Waals surface area contributed by atoms with Gasteiger partial charge in [-0.15, -0.1) is 6.58 Å². The van der Waals surface area contributed by atoms with E-state index in [1.54, 1.807) is 13.2 Å². The maximum atomic E-state index is 12.5. The minimum Gasteiger partial charge on any atom is -0.496 e. The normalized spacial score (nSPS) is 19.9. The number of amides is 1. The van der Waals surface area contributed by atoms with Gasteiger partial charge in [0.25, 0.3) is 0 Å². The summed E-state index contributed by atoms with van der Waals surface area (Å²) in [6, 6.07) is 7.77. The summed E-state index contributed by atoms with van der Waals surface area (Å²) in [5.74, 6) is 1.19. The molecule has 3 rings (SSSR count). The zero-order valence-electron chi connectivity index (χ0n) is 14.1. The lowest BCUT2D eigenvalue weighted by Crippen LogP contribution is -2.43. The Balaban J connectivity index is 1.63. The lowest BCUT2D eigenvalue weighted by atomic mass is 9.84. The molecule has 5 heteroatoms. The minimum atomic E-state index is -0.117. The first-order valence-corrected chi connectivity index (χ1v) is 8.48. The summed E-state index contributed by atoms with van der Waals surface area (Å²) in [5.41, 5.74) is 1.81. The van der Waals surface area contributed by atoms with Crippen molar-refractivity contribution in [2.45, 2.75) is 31.8 Å². The van der Waals surface area contributed by atoms with Gasteiger partial charge in [-0.05, 0) is 25.0 Å². The van der Waals surface area contributed by atoms with Crippen molar-refractivity contribution < 1.29 is 14.4 Å². The quantitative estimate of drug-likeness (QED) is 0.723.